The molecule has 0 aliphatic carbocycles. The summed E-state index contributed by atoms with van der Waals surface area (Å²) in [5, 5.41) is 0. The van der Waals surface area contributed by atoms with E-state index in [1.54, 1.807) is 18.5 Å². The van der Waals surface area contributed by atoms with Crippen molar-refractivity contribution < 1.29 is 9.53 Å². The van der Waals surface area contributed by atoms with E-state index in [9.17, 15) is 4.79 Å². The second-order valence-electron chi connectivity index (χ2n) is 4.03. The predicted octanol–water partition coefficient (Wildman–Crippen LogP) is 2.64. The van der Waals surface area contributed by atoms with Gasteiger partial charge in [0.25, 0.3) is 0 Å². The molecule has 0 unspecified atom stereocenters. The Hall–Kier alpha value is -2.23. The molecule has 98 valence electrons. The Balaban J connectivity index is 2.15. The molecule has 0 amide bonds. The molecule has 0 aliphatic heterocycles. The van der Waals surface area contributed by atoms with Crippen LogP contribution in [0.3, 0.4) is 0 Å². The van der Waals surface area contributed by atoms with Crippen molar-refractivity contribution in [3.63, 3.8) is 0 Å². The molecule has 0 bridgehead atoms. The standard InChI is InChI=1S/C15H16N2O2/c1-2-19-14(18)9-8-12-6-3-4-7-13(12)15-16-10-5-11-17-15/h3-7,10-11H,2,8-9H2,1H3. The lowest BCUT2D eigenvalue weighted by atomic mass is 10.0. The SMILES string of the molecule is CCOC(=O)CCc1ccccc1-c1ncccn1. The summed E-state index contributed by atoms with van der Waals surface area (Å²) in [4.78, 5) is 19.9. The van der Waals surface area contributed by atoms with E-state index >= 15 is 0 Å². The molecule has 0 saturated heterocycles. The Bertz CT molecular complexity index is 541. The van der Waals surface area contributed by atoms with Crippen LogP contribution < -0.4 is 0 Å². The summed E-state index contributed by atoms with van der Waals surface area (Å²) >= 11 is 0. The van der Waals surface area contributed by atoms with Gasteiger partial charge in [0.2, 0.25) is 0 Å². The van der Waals surface area contributed by atoms with Gasteiger partial charge in [-0.15, -0.1) is 0 Å². The molecule has 1 aromatic carbocycles. The molecule has 19 heavy (non-hydrogen) atoms. The number of esters is 1. The van der Waals surface area contributed by atoms with E-state index in [0.717, 1.165) is 11.1 Å². The summed E-state index contributed by atoms with van der Waals surface area (Å²) in [7, 11) is 0. The lowest BCUT2D eigenvalue weighted by Crippen LogP contribution is -2.06. The van der Waals surface area contributed by atoms with Crippen molar-refractivity contribution in [1.82, 2.24) is 9.97 Å². The van der Waals surface area contributed by atoms with Gasteiger partial charge in [0, 0.05) is 24.4 Å². The van der Waals surface area contributed by atoms with Crippen LogP contribution in [0.1, 0.15) is 18.9 Å². The lowest BCUT2D eigenvalue weighted by molar-refractivity contribution is -0.143. The van der Waals surface area contributed by atoms with Gasteiger partial charge >= 0.3 is 5.97 Å². The average Bonchev–Trinajstić information content (AvgIpc) is 2.47. The van der Waals surface area contributed by atoms with Crippen LogP contribution >= 0.6 is 0 Å². The second kappa shape index (κ2) is 6.64. The molecular formula is C15H16N2O2. The van der Waals surface area contributed by atoms with Gasteiger partial charge in [0.15, 0.2) is 5.82 Å². The third kappa shape index (κ3) is 3.61. The van der Waals surface area contributed by atoms with Gasteiger partial charge in [0.1, 0.15) is 0 Å². The van der Waals surface area contributed by atoms with E-state index in [-0.39, 0.29) is 5.97 Å². The van der Waals surface area contributed by atoms with Crippen LogP contribution in [0.4, 0.5) is 0 Å². The minimum atomic E-state index is -0.175. The molecule has 0 radical (unpaired) electrons. The minimum absolute atomic E-state index is 0.175. The number of hydrogen-bond donors (Lipinski definition) is 0. The highest BCUT2D eigenvalue weighted by atomic mass is 16.5. The molecule has 0 spiro atoms. The number of carbonyl (C=O) groups excluding carboxylic acids is 1. The van der Waals surface area contributed by atoms with Crippen LogP contribution in [0.25, 0.3) is 11.4 Å². The van der Waals surface area contributed by atoms with E-state index in [0.29, 0.717) is 25.3 Å². The zero-order valence-corrected chi connectivity index (χ0v) is 10.9. The van der Waals surface area contributed by atoms with Gasteiger partial charge in [-0.2, -0.15) is 0 Å². The van der Waals surface area contributed by atoms with E-state index in [2.05, 4.69) is 9.97 Å². The fraction of sp³-hybridized carbons (Fsp3) is 0.267. The fourth-order valence-corrected chi connectivity index (χ4v) is 1.86. The minimum Gasteiger partial charge on any atom is -0.466 e. The van der Waals surface area contributed by atoms with Crippen LogP contribution in [0.2, 0.25) is 0 Å². The fourth-order valence-electron chi connectivity index (χ4n) is 1.86. The normalized spacial score (nSPS) is 10.2. The molecule has 1 heterocycles. The largest absolute Gasteiger partial charge is 0.466 e. The molecular weight excluding hydrogens is 240 g/mol. The molecule has 0 atom stereocenters. The van der Waals surface area contributed by atoms with Crippen molar-refractivity contribution in [3.05, 3.63) is 48.3 Å². The number of aryl methyl sites for hydroxylation is 1. The summed E-state index contributed by atoms with van der Waals surface area (Å²) < 4.78 is 4.94. The maximum Gasteiger partial charge on any atom is 0.306 e. The molecule has 2 aromatic rings. The number of nitrogens with zero attached hydrogens (tertiary/aromatic N) is 2. The summed E-state index contributed by atoms with van der Waals surface area (Å²) in [6.45, 7) is 2.23. The van der Waals surface area contributed by atoms with Crippen molar-refractivity contribution in [2.24, 2.45) is 0 Å². The van der Waals surface area contributed by atoms with Crippen molar-refractivity contribution in [1.29, 1.82) is 0 Å². The topological polar surface area (TPSA) is 52.1 Å². The van der Waals surface area contributed by atoms with Crippen LogP contribution in [-0.4, -0.2) is 22.5 Å². The zero-order chi connectivity index (χ0) is 13.5. The van der Waals surface area contributed by atoms with E-state index in [1.807, 2.05) is 31.2 Å². The average molecular weight is 256 g/mol. The van der Waals surface area contributed by atoms with Crippen molar-refractivity contribution >= 4 is 5.97 Å². The van der Waals surface area contributed by atoms with Gasteiger partial charge in [-0.05, 0) is 25.0 Å². The summed E-state index contributed by atoms with van der Waals surface area (Å²) in [6, 6.07) is 9.64. The van der Waals surface area contributed by atoms with Gasteiger partial charge in [-0.3, -0.25) is 4.79 Å². The predicted molar refractivity (Wildman–Crippen MR) is 72.4 cm³/mol. The monoisotopic (exact) mass is 256 g/mol. The highest BCUT2D eigenvalue weighted by molar-refractivity contribution is 5.70. The smallest absolute Gasteiger partial charge is 0.306 e. The van der Waals surface area contributed by atoms with Crippen molar-refractivity contribution in [2.75, 3.05) is 6.61 Å². The van der Waals surface area contributed by atoms with Crippen LogP contribution in [0, 0.1) is 0 Å². The van der Waals surface area contributed by atoms with Crippen LogP contribution in [0.5, 0.6) is 0 Å². The first kappa shape index (κ1) is 13.2. The molecule has 2 rings (SSSR count). The Morgan fingerprint density at radius 3 is 2.63 bits per heavy atom. The number of carbonyl (C=O) groups is 1. The molecule has 0 aliphatic rings. The van der Waals surface area contributed by atoms with E-state index in [4.69, 9.17) is 4.74 Å². The first-order chi connectivity index (χ1) is 9.31. The number of rotatable bonds is 5. The summed E-state index contributed by atoms with van der Waals surface area (Å²) in [6.07, 6.45) is 4.43. The summed E-state index contributed by atoms with van der Waals surface area (Å²) in [5.74, 6) is 0.508. The van der Waals surface area contributed by atoms with Crippen molar-refractivity contribution in [3.8, 4) is 11.4 Å². The van der Waals surface area contributed by atoms with Gasteiger partial charge in [-0.25, -0.2) is 9.97 Å². The first-order valence-corrected chi connectivity index (χ1v) is 6.32. The van der Waals surface area contributed by atoms with Gasteiger partial charge < -0.3 is 4.74 Å². The van der Waals surface area contributed by atoms with Crippen LogP contribution in [0.15, 0.2) is 42.7 Å². The Labute approximate surface area is 112 Å². The molecule has 4 heteroatoms. The number of aromatic nitrogens is 2. The third-order valence-electron chi connectivity index (χ3n) is 2.73. The van der Waals surface area contributed by atoms with Crippen LogP contribution in [-0.2, 0) is 16.0 Å². The number of hydrogen-bond acceptors (Lipinski definition) is 4. The quantitative estimate of drug-likeness (QED) is 0.772. The van der Waals surface area contributed by atoms with Crippen molar-refractivity contribution in [2.45, 2.75) is 19.8 Å². The highest BCUT2D eigenvalue weighted by Gasteiger charge is 2.09. The highest BCUT2D eigenvalue weighted by Crippen LogP contribution is 2.20. The molecule has 0 fully saturated rings. The molecule has 0 N–H and O–H groups in total. The first-order valence-electron chi connectivity index (χ1n) is 6.32. The molecule has 0 saturated carbocycles. The molecule has 4 nitrogen and oxygen atoms in total. The number of benzene rings is 1. The Morgan fingerprint density at radius 2 is 1.89 bits per heavy atom. The maximum absolute atomic E-state index is 11.4. The zero-order valence-electron chi connectivity index (χ0n) is 10.9. The second-order valence-corrected chi connectivity index (χ2v) is 4.03. The number of ether oxygens (including phenoxy) is 1. The van der Waals surface area contributed by atoms with E-state index < -0.39 is 0 Å². The maximum atomic E-state index is 11.4. The van der Waals surface area contributed by atoms with Gasteiger partial charge in [0.05, 0.1) is 6.61 Å². The lowest BCUT2D eigenvalue weighted by Gasteiger charge is -2.07. The Morgan fingerprint density at radius 1 is 1.16 bits per heavy atom. The van der Waals surface area contributed by atoms with Gasteiger partial charge in [-0.1, -0.05) is 24.3 Å². The third-order valence-corrected chi connectivity index (χ3v) is 2.73. The molecule has 1 aromatic heterocycles. The summed E-state index contributed by atoms with van der Waals surface area (Å²) in [5.41, 5.74) is 2.02. The Kier molecular flexibility index (Phi) is 4.61. The van der Waals surface area contributed by atoms with E-state index in [1.165, 1.54) is 0 Å².